The van der Waals surface area contributed by atoms with Gasteiger partial charge >= 0.3 is 0 Å². The molecule has 0 aliphatic carbocycles. The Bertz CT molecular complexity index is 653. The molecule has 1 saturated heterocycles. The second-order valence-electron chi connectivity index (χ2n) is 6.27. The third-order valence-corrected chi connectivity index (χ3v) is 4.26. The Hall–Kier alpha value is -2.14. The maximum Gasteiger partial charge on any atom is 0.237 e. The Balaban J connectivity index is 1.60. The van der Waals surface area contributed by atoms with E-state index in [4.69, 9.17) is 4.52 Å². The minimum Gasteiger partial charge on any atom is -0.361 e. The second kappa shape index (κ2) is 6.96. The van der Waals surface area contributed by atoms with Gasteiger partial charge in [0.1, 0.15) is 11.5 Å². The van der Waals surface area contributed by atoms with Gasteiger partial charge in [-0.05, 0) is 32.4 Å². The lowest BCUT2D eigenvalue weighted by molar-refractivity contribution is -0.133. The SMILES string of the molecule is Cc1cc([C@H]2CCCN2C(=O)CN(C)Cc2ccccc2)no1. The fraction of sp³-hybridized carbons (Fsp3) is 0.444. The highest BCUT2D eigenvalue weighted by atomic mass is 16.5. The van der Waals surface area contributed by atoms with E-state index in [0.717, 1.165) is 37.4 Å². The number of carbonyl (C=O) groups is 1. The molecule has 3 rings (SSSR count). The molecule has 2 heterocycles. The zero-order valence-electron chi connectivity index (χ0n) is 13.7. The maximum atomic E-state index is 12.7. The van der Waals surface area contributed by atoms with E-state index in [1.807, 2.05) is 43.1 Å². The van der Waals surface area contributed by atoms with Crippen LogP contribution in [0.25, 0.3) is 0 Å². The Labute approximate surface area is 136 Å². The zero-order chi connectivity index (χ0) is 16.2. The number of likely N-dealkylation sites (N-methyl/N-ethyl adjacent to an activating group) is 1. The molecule has 23 heavy (non-hydrogen) atoms. The number of rotatable bonds is 5. The van der Waals surface area contributed by atoms with Crippen molar-refractivity contribution in [3.8, 4) is 0 Å². The van der Waals surface area contributed by atoms with Crippen LogP contribution in [-0.4, -0.2) is 41.0 Å². The van der Waals surface area contributed by atoms with Gasteiger partial charge in [0.05, 0.1) is 12.6 Å². The van der Waals surface area contributed by atoms with Gasteiger partial charge in [-0.15, -0.1) is 0 Å². The van der Waals surface area contributed by atoms with E-state index in [9.17, 15) is 4.79 Å². The number of likely N-dealkylation sites (tertiary alicyclic amines) is 1. The number of hydrogen-bond acceptors (Lipinski definition) is 4. The summed E-state index contributed by atoms with van der Waals surface area (Å²) in [5.74, 6) is 0.951. The van der Waals surface area contributed by atoms with Crippen molar-refractivity contribution in [3.05, 3.63) is 53.4 Å². The van der Waals surface area contributed by atoms with Crippen LogP contribution in [0, 0.1) is 6.92 Å². The van der Waals surface area contributed by atoms with Crippen LogP contribution in [0.15, 0.2) is 40.9 Å². The lowest BCUT2D eigenvalue weighted by atomic mass is 10.1. The van der Waals surface area contributed by atoms with Gasteiger partial charge < -0.3 is 9.42 Å². The van der Waals surface area contributed by atoms with Crippen molar-refractivity contribution in [3.63, 3.8) is 0 Å². The van der Waals surface area contributed by atoms with Gasteiger partial charge in [-0.3, -0.25) is 9.69 Å². The van der Waals surface area contributed by atoms with Crippen LogP contribution in [0.1, 0.15) is 35.9 Å². The molecule has 5 heteroatoms. The molecule has 2 aromatic rings. The first-order valence-corrected chi connectivity index (χ1v) is 8.08. The number of amides is 1. The Morgan fingerprint density at radius 3 is 2.87 bits per heavy atom. The van der Waals surface area contributed by atoms with Gasteiger partial charge in [-0.25, -0.2) is 0 Å². The molecule has 1 aliphatic heterocycles. The largest absolute Gasteiger partial charge is 0.361 e. The van der Waals surface area contributed by atoms with Gasteiger partial charge in [-0.1, -0.05) is 35.5 Å². The Kier molecular flexibility index (Phi) is 4.76. The lowest BCUT2D eigenvalue weighted by Crippen LogP contribution is -2.38. The van der Waals surface area contributed by atoms with E-state index >= 15 is 0 Å². The summed E-state index contributed by atoms with van der Waals surface area (Å²) < 4.78 is 5.17. The summed E-state index contributed by atoms with van der Waals surface area (Å²) in [4.78, 5) is 16.7. The van der Waals surface area contributed by atoms with Crippen molar-refractivity contribution in [1.82, 2.24) is 15.0 Å². The first-order chi connectivity index (χ1) is 11.1. The lowest BCUT2D eigenvalue weighted by Gasteiger charge is -2.26. The number of aryl methyl sites for hydroxylation is 1. The van der Waals surface area contributed by atoms with Crippen LogP contribution >= 0.6 is 0 Å². The second-order valence-corrected chi connectivity index (χ2v) is 6.27. The quantitative estimate of drug-likeness (QED) is 0.851. The number of nitrogens with zero attached hydrogens (tertiary/aromatic N) is 3. The Morgan fingerprint density at radius 1 is 1.39 bits per heavy atom. The summed E-state index contributed by atoms with van der Waals surface area (Å²) in [6.45, 7) is 3.87. The fourth-order valence-corrected chi connectivity index (χ4v) is 3.19. The van der Waals surface area contributed by atoms with Crippen LogP contribution in [0.2, 0.25) is 0 Å². The van der Waals surface area contributed by atoms with E-state index in [1.54, 1.807) is 0 Å². The van der Waals surface area contributed by atoms with Crippen molar-refractivity contribution in [1.29, 1.82) is 0 Å². The first kappa shape index (κ1) is 15.7. The maximum absolute atomic E-state index is 12.7. The number of aromatic nitrogens is 1. The molecule has 0 spiro atoms. The van der Waals surface area contributed by atoms with E-state index in [0.29, 0.717) is 6.54 Å². The van der Waals surface area contributed by atoms with Crippen molar-refractivity contribution < 1.29 is 9.32 Å². The molecule has 5 nitrogen and oxygen atoms in total. The van der Waals surface area contributed by atoms with Gasteiger partial charge in [0, 0.05) is 19.2 Å². The highest BCUT2D eigenvalue weighted by Gasteiger charge is 2.32. The summed E-state index contributed by atoms with van der Waals surface area (Å²) in [5.41, 5.74) is 2.09. The minimum atomic E-state index is 0.0603. The standard InChI is InChI=1S/C18H23N3O2/c1-14-11-16(19-23-14)17-9-6-10-21(17)18(22)13-20(2)12-15-7-4-3-5-8-15/h3-5,7-8,11,17H,6,9-10,12-13H2,1-2H3/t17-/m1/s1. The van der Waals surface area contributed by atoms with Gasteiger partial charge in [0.25, 0.3) is 0 Å². The predicted molar refractivity (Wildman–Crippen MR) is 87.7 cm³/mol. The van der Waals surface area contributed by atoms with Crippen molar-refractivity contribution in [2.75, 3.05) is 20.1 Å². The van der Waals surface area contributed by atoms with Crippen LogP contribution < -0.4 is 0 Å². The summed E-state index contributed by atoms with van der Waals surface area (Å²) in [5, 5.41) is 4.09. The molecule has 0 unspecified atom stereocenters. The summed E-state index contributed by atoms with van der Waals surface area (Å²) in [7, 11) is 1.98. The highest BCUT2D eigenvalue weighted by Crippen LogP contribution is 2.31. The fourth-order valence-electron chi connectivity index (χ4n) is 3.19. The average molecular weight is 313 g/mol. The number of benzene rings is 1. The van der Waals surface area contributed by atoms with Gasteiger partial charge in [0.15, 0.2) is 0 Å². The third kappa shape index (κ3) is 3.79. The number of carbonyl (C=O) groups excluding carboxylic acids is 1. The smallest absolute Gasteiger partial charge is 0.237 e. The van der Waals surface area contributed by atoms with Gasteiger partial charge in [0.2, 0.25) is 5.91 Å². The predicted octanol–water partition coefficient (Wildman–Crippen LogP) is 2.78. The normalized spacial score (nSPS) is 17.9. The molecule has 1 aromatic carbocycles. The van der Waals surface area contributed by atoms with Crippen molar-refractivity contribution in [2.24, 2.45) is 0 Å². The molecular weight excluding hydrogens is 290 g/mol. The summed E-state index contributed by atoms with van der Waals surface area (Å²) in [6, 6.07) is 12.2. The van der Waals surface area contributed by atoms with E-state index in [2.05, 4.69) is 22.2 Å². The molecule has 122 valence electrons. The zero-order valence-corrected chi connectivity index (χ0v) is 13.7. The summed E-state index contributed by atoms with van der Waals surface area (Å²) >= 11 is 0. The molecule has 1 fully saturated rings. The molecule has 1 aromatic heterocycles. The van der Waals surface area contributed by atoms with Crippen LogP contribution in [0.3, 0.4) is 0 Å². The summed E-state index contributed by atoms with van der Waals surface area (Å²) in [6.07, 6.45) is 1.98. The third-order valence-electron chi connectivity index (χ3n) is 4.26. The monoisotopic (exact) mass is 313 g/mol. The Morgan fingerprint density at radius 2 is 2.17 bits per heavy atom. The van der Waals surface area contributed by atoms with Crippen LogP contribution in [-0.2, 0) is 11.3 Å². The number of hydrogen-bond donors (Lipinski definition) is 0. The van der Waals surface area contributed by atoms with E-state index in [-0.39, 0.29) is 11.9 Å². The molecule has 1 atom stereocenters. The molecule has 0 N–H and O–H groups in total. The van der Waals surface area contributed by atoms with Crippen molar-refractivity contribution >= 4 is 5.91 Å². The van der Waals surface area contributed by atoms with E-state index < -0.39 is 0 Å². The topological polar surface area (TPSA) is 49.6 Å². The molecule has 1 amide bonds. The molecule has 1 aliphatic rings. The van der Waals surface area contributed by atoms with Crippen molar-refractivity contribution in [2.45, 2.75) is 32.4 Å². The molecule has 0 saturated carbocycles. The van der Waals surface area contributed by atoms with E-state index in [1.165, 1.54) is 5.56 Å². The molecular formula is C18H23N3O2. The van der Waals surface area contributed by atoms with Gasteiger partial charge in [-0.2, -0.15) is 0 Å². The first-order valence-electron chi connectivity index (χ1n) is 8.08. The van der Waals surface area contributed by atoms with Crippen LogP contribution in [0.5, 0.6) is 0 Å². The minimum absolute atomic E-state index is 0.0603. The molecule has 0 radical (unpaired) electrons. The molecule has 0 bridgehead atoms. The average Bonchev–Trinajstić information content (AvgIpc) is 3.16. The van der Waals surface area contributed by atoms with Crippen LogP contribution in [0.4, 0.5) is 0 Å². The highest BCUT2D eigenvalue weighted by molar-refractivity contribution is 5.79.